The highest BCUT2D eigenvalue weighted by atomic mass is 79.9. The van der Waals surface area contributed by atoms with Gasteiger partial charge in [-0.25, -0.2) is 9.97 Å². The van der Waals surface area contributed by atoms with Crippen molar-refractivity contribution in [1.82, 2.24) is 9.97 Å². The predicted octanol–water partition coefficient (Wildman–Crippen LogP) is 4.50. The van der Waals surface area contributed by atoms with Gasteiger partial charge in [-0.15, -0.1) is 0 Å². The summed E-state index contributed by atoms with van der Waals surface area (Å²) in [5.41, 5.74) is 1.14. The van der Waals surface area contributed by atoms with Crippen LogP contribution in [0.1, 0.15) is 25.5 Å². The van der Waals surface area contributed by atoms with Crippen molar-refractivity contribution in [3.05, 3.63) is 45.7 Å². The normalized spacial score (nSPS) is 12.0. The fraction of sp³-hybridized carbons (Fsp3) is 0.286. The summed E-state index contributed by atoms with van der Waals surface area (Å²) in [6, 6.07) is 7.89. The van der Waals surface area contributed by atoms with Gasteiger partial charge in [0, 0.05) is 17.6 Å². The number of anilines is 2. The van der Waals surface area contributed by atoms with E-state index < -0.39 is 0 Å². The summed E-state index contributed by atoms with van der Waals surface area (Å²) >= 11 is 9.42. The first kappa shape index (κ1) is 15.1. The SMILES string of the molecule is CCNc1ncnc(NC(C)c2ccc(Cl)cc2)c1Br. The molecule has 0 fully saturated rings. The first-order chi connectivity index (χ1) is 9.61. The molecule has 0 radical (unpaired) electrons. The van der Waals surface area contributed by atoms with Crippen LogP contribution in [-0.2, 0) is 0 Å². The second-order valence-corrected chi connectivity index (χ2v) is 5.56. The smallest absolute Gasteiger partial charge is 0.146 e. The van der Waals surface area contributed by atoms with E-state index in [9.17, 15) is 0 Å². The summed E-state index contributed by atoms with van der Waals surface area (Å²) in [6.07, 6.45) is 1.54. The monoisotopic (exact) mass is 354 g/mol. The van der Waals surface area contributed by atoms with Crippen molar-refractivity contribution < 1.29 is 0 Å². The fourth-order valence-electron chi connectivity index (χ4n) is 1.80. The highest BCUT2D eigenvalue weighted by Crippen LogP contribution is 2.29. The van der Waals surface area contributed by atoms with Crippen LogP contribution in [0.25, 0.3) is 0 Å². The van der Waals surface area contributed by atoms with Crippen LogP contribution in [0.5, 0.6) is 0 Å². The van der Waals surface area contributed by atoms with Crippen LogP contribution in [0.3, 0.4) is 0 Å². The molecule has 0 spiro atoms. The molecule has 0 saturated carbocycles. The van der Waals surface area contributed by atoms with E-state index in [0.29, 0.717) is 0 Å². The van der Waals surface area contributed by atoms with E-state index in [1.807, 2.05) is 31.2 Å². The average molecular weight is 356 g/mol. The van der Waals surface area contributed by atoms with Gasteiger partial charge in [-0.05, 0) is 47.5 Å². The van der Waals surface area contributed by atoms with E-state index in [1.54, 1.807) is 6.33 Å². The lowest BCUT2D eigenvalue weighted by Crippen LogP contribution is -2.10. The molecule has 1 unspecified atom stereocenters. The van der Waals surface area contributed by atoms with Crippen molar-refractivity contribution in [2.24, 2.45) is 0 Å². The maximum absolute atomic E-state index is 5.90. The van der Waals surface area contributed by atoms with Gasteiger partial charge in [0.25, 0.3) is 0 Å². The molecule has 2 rings (SSSR count). The van der Waals surface area contributed by atoms with Gasteiger partial charge in [0.1, 0.15) is 22.4 Å². The third kappa shape index (κ3) is 3.61. The van der Waals surface area contributed by atoms with Gasteiger partial charge in [-0.2, -0.15) is 0 Å². The Balaban J connectivity index is 2.17. The number of halogens is 2. The summed E-state index contributed by atoms with van der Waals surface area (Å²) in [4.78, 5) is 8.46. The quantitative estimate of drug-likeness (QED) is 0.829. The standard InChI is InChI=1S/C14H16BrClN4/c1-3-17-13-12(15)14(19-8-18-13)20-9(2)10-4-6-11(16)7-5-10/h4-9H,3H2,1-2H3,(H2,17,18,19,20). The number of aromatic nitrogens is 2. The van der Waals surface area contributed by atoms with E-state index in [2.05, 4.69) is 43.5 Å². The molecule has 106 valence electrons. The molecule has 1 atom stereocenters. The zero-order valence-electron chi connectivity index (χ0n) is 11.3. The Kier molecular flexibility index (Phi) is 5.20. The lowest BCUT2D eigenvalue weighted by molar-refractivity contribution is 0.869. The molecule has 0 aliphatic heterocycles. The van der Waals surface area contributed by atoms with E-state index in [1.165, 1.54) is 0 Å². The molecule has 2 N–H and O–H groups in total. The second kappa shape index (κ2) is 6.90. The number of rotatable bonds is 5. The van der Waals surface area contributed by atoms with Crippen LogP contribution < -0.4 is 10.6 Å². The Labute approximate surface area is 132 Å². The summed E-state index contributed by atoms with van der Waals surface area (Å²) in [6.45, 7) is 4.91. The molecule has 1 aromatic heterocycles. The third-order valence-corrected chi connectivity index (χ3v) is 3.86. The average Bonchev–Trinajstić information content (AvgIpc) is 2.44. The second-order valence-electron chi connectivity index (χ2n) is 4.33. The number of hydrogen-bond acceptors (Lipinski definition) is 4. The first-order valence-corrected chi connectivity index (χ1v) is 7.55. The van der Waals surface area contributed by atoms with E-state index in [0.717, 1.165) is 33.2 Å². The maximum Gasteiger partial charge on any atom is 0.146 e. The van der Waals surface area contributed by atoms with Crippen LogP contribution in [0.4, 0.5) is 11.6 Å². The van der Waals surface area contributed by atoms with Crippen molar-refractivity contribution >= 4 is 39.2 Å². The number of nitrogens with one attached hydrogen (secondary N) is 2. The molecule has 20 heavy (non-hydrogen) atoms. The summed E-state index contributed by atoms with van der Waals surface area (Å²) in [5.74, 6) is 1.55. The Morgan fingerprint density at radius 1 is 1.20 bits per heavy atom. The van der Waals surface area contributed by atoms with Gasteiger partial charge in [0.2, 0.25) is 0 Å². The minimum atomic E-state index is 0.118. The topological polar surface area (TPSA) is 49.8 Å². The minimum absolute atomic E-state index is 0.118. The van der Waals surface area contributed by atoms with Gasteiger partial charge in [0.05, 0.1) is 0 Å². The number of benzene rings is 1. The number of hydrogen-bond donors (Lipinski definition) is 2. The molecular weight excluding hydrogens is 340 g/mol. The predicted molar refractivity (Wildman–Crippen MR) is 87.4 cm³/mol. The zero-order chi connectivity index (χ0) is 14.5. The lowest BCUT2D eigenvalue weighted by Gasteiger charge is -2.17. The van der Waals surface area contributed by atoms with Crippen molar-refractivity contribution in [2.45, 2.75) is 19.9 Å². The van der Waals surface area contributed by atoms with Crippen molar-refractivity contribution in [1.29, 1.82) is 0 Å². The fourth-order valence-corrected chi connectivity index (χ4v) is 2.39. The molecule has 0 aliphatic rings. The van der Waals surface area contributed by atoms with Crippen LogP contribution in [0, 0.1) is 0 Å². The molecule has 0 saturated heterocycles. The van der Waals surface area contributed by atoms with Crippen LogP contribution in [0.15, 0.2) is 35.1 Å². The van der Waals surface area contributed by atoms with E-state index in [4.69, 9.17) is 11.6 Å². The Bertz CT molecular complexity index is 574. The minimum Gasteiger partial charge on any atom is -0.369 e. The maximum atomic E-state index is 5.90. The molecule has 0 amide bonds. The van der Waals surface area contributed by atoms with Gasteiger partial charge < -0.3 is 10.6 Å². The Morgan fingerprint density at radius 3 is 2.50 bits per heavy atom. The highest BCUT2D eigenvalue weighted by molar-refractivity contribution is 9.10. The van der Waals surface area contributed by atoms with E-state index in [-0.39, 0.29) is 6.04 Å². The van der Waals surface area contributed by atoms with Crippen molar-refractivity contribution in [2.75, 3.05) is 17.2 Å². The van der Waals surface area contributed by atoms with Gasteiger partial charge >= 0.3 is 0 Å². The molecule has 1 heterocycles. The zero-order valence-corrected chi connectivity index (χ0v) is 13.7. The first-order valence-electron chi connectivity index (χ1n) is 6.38. The largest absolute Gasteiger partial charge is 0.369 e. The Morgan fingerprint density at radius 2 is 1.85 bits per heavy atom. The third-order valence-electron chi connectivity index (χ3n) is 2.86. The van der Waals surface area contributed by atoms with Gasteiger partial charge in [0.15, 0.2) is 0 Å². The van der Waals surface area contributed by atoms with Crippen LogP contribution in [0.2, 0.25) is 5.02 Å². The van der Waals surface area contributed by atoms with Crippen molar-refractivity contribution in [3.63, 3.8) is 0 Å². The van der Waals surface area contributed by atoms with Crippen LogP contribution >= 0.6 is 27.5 Å². The highest BCUT2D eigenvalue weighted by Gasteiger charge is 2.11. The molecule has 6 heteroatoms. The van der Waals surface area contributed by atoms with Gasteiger partial charge in [-0.3, -0.25) is 0 Å². The van der Waals surface area contributed by atoms with E-state index >= 15 is 0 Å². The summed E-state index contributed by atoms with van der Waals surface area (Å²) in [7, 11) is 0. The molecule has 1 aromatic carbocycles. The number of nitrogens with zero attached hydrogens (tertiary/aromatic N) is 2. The summed E-state index contributed by atoms with van der Waals surface area (Å²) < 4.78 is 0.836. The molecule has 0 aliphatic carbocycles. The van der Waals surface area contributed by atoms with Gasteiger partial charge in [-0.1, -0.05) is 23.7 Å². The molecule has 2 aromatic rings. The Hall–Kier alpha value is -1.33. The van der Waals surface area contributed by atoms with Crippen LogP contribution in [-0.4, -0.2) is 16.5 Å². The summed E-state index contributed by atoms with van der Waals surface area (Å²) in [5, 5.41) is 7.28. The van der Waals surface area contributed by atoms with Crippen molar-refractivity contribution in [3.8, 4) is 0 Å². The molecular formula is C14H16BrClN4. The molecule has 4 nitrogen and oxygen atoms in total. The lowest BCUT2D eigenvalue weighted by atomic mass is 10.1. The molecule has 0 bridgehead atoms.